The van der Waals surface area contributed by atoms with Gasteiger partial charge in [0, 0.05) is 31.4 Å². The molecule has 0 fully saturated rings. The molecule has 0 spiro atoms. The number of amides is 1. The number of carbonyl (C=O) groups excluding carboxylic acids is 1. The molecule has 7 nitrogen and oxygen atoms in total. The maximum atomic E-state index is 13.0. The first-order valence-electron chi connectivity index (χ1n) is 8.36. The summed E-state index contributed by atoms with van der Waals surface area (Å²) in [4.78, 5) is 24.0. The number of hydrogen-bond donors (Lipinski definition) is 2. The molecule has 0 saturated heterocycles. The fraction of sp³-hybridized carbons (Fsp3) is 0.211. The van der Waals surface area contributed by atoms with E-state index in [4.69, 9.17) is 0 Å². The van der Waals surface area contributed by atoms with E-state index in [-0.39, 0.29) is 24.5 Å². The van der Waals surface area contributed by atoms with Crippen LogP contribution in [-0.2, 0) is 13.6 Å². The molecule has 0 aliphatic heterocycles. The smallest absolute Gasteiger partial charge is 0.269 e. The Hall–Kier alpha value is -3.26. The first-order chi connectivity index (χ1) is 12.9. The van der Waals surface area contributed by atoms with Crippen LogP contribution in [-0.4, -0.2) is 38.0 Å². The van der Waals surface area contributed by atoms with Crippen LogP contribution in [0, 0.1) is 5.82 Å². The third kappa shape index (κ3) is 4.48. The predicted molar refractivity (Wildman–Crippen MR) is 97.6 cm³/mol. The van der Waals surface area contributed by atoms with E-state index in [2.05, 4.69) is 10.4 Å². The number of aryl methyl sites for hydroxylation is 1. The van der Waals surface area contributed by atoms with Crippen molar-refractivity contribution in [2.45, 2.75) is 12.6 Å². The number of nitrogens with one attached hydrogen (secondary N) is 1. The van der Waals surface area contributed by atoms with E-state index in [9.17, 15) is 19.1 Å². The molecule has 0 aliphatic carbocycles. The fourth-order valence-electron chi connectivity index (χ4n) is 2.65. The highest BCUT2D eigenvalue weighted by atomic mass is 19.1. The number of aliphatic hydroxyl groups excluding tert-OH is 1. The minimum absolute atomic E-state index is 0.0166. The Balaban J connectivity index is 1.63. The molecular weight excluding hydrogens is 351 g/mol. The van der Waals surface area contributed by atoms with Crippen molar-refractivity contribution >= 4 is 5.91 Å². The molecule has 2 heterocycles. The number of rotatable bonds is 6. The van der Waals surface area contributed by atoms with Gasteiger partial charge in [0.2, 0.25) is 0 Å². The summed E-state index contributed by atoms with van der Waals surface area (Å²) in [7, 11) is 1.63. The summed E-state index contributed by atoms with van der Waals surface area (Å²) in [5.41, 5.74) is 1.31. The molecule has 0 saturated carbocycles. The Morgan fingerprint density at radius 2 is 2.00 bits per heavy atom. The number of carbonyl (C=O) groups is 1. The average Bonchev–Trinajstić information content (AvgIpc) is 3.04. The highest BCUT2D eigenvalue weighted by Crippen LogP contribution is 2.19. The van der Waals surface area contributed by atoms with Crippen LogP contribution in [0.25, 0.3) is 11.3 Å². The van der Waals surface area contributed by atoms with Gasteiger partial charge in [-0.3, -0.25) is 14.3 Å². The zero-order valence-electron chi connectivity index (χ0n) is 14.7. The molecule has 2 N–H and O–H groups in total. The van der Waals surface area contributed by atoms with Gasteiger partial charge in [-0.05, 0) is 36.4 Å². The van der Waals surface area contributed by atoms with Gasteiger partial charge < -0.3 is 15.0 Å². The second-order valence-corrected chi connectivity index (χ2v) is 6.10. The highest BCUT2D eigenvalue weighted by Gasteiger charge is 2.16. The van der Waals surface area contributed by atoms with Crippen molar-refractivity contribution in [3.63, 3.8) is 0 Å². The van der Waals surface area contributed by atoms with Crippen molar-refractivity contribution < 1.29 is 14.3 Å². The molecule has 0 aliphatic rings. The van der Waals surface area contributed by atoms with Gasteiger partial charge in [-0.25, -0.2) is 4.39 Å². The number of benzene rings is 1. The summed E-state index contributed by atoms with van der Waals surface area (Å²) in [6.07, 6.45) is 0.655. The van der Waals surface area contributed by atoms with E-state index in [0.29, 0.717) is 17.0 Å². The second kappa shape index (κ2) is 7.96. The minimum Gasteiger partial charge on any atom is -0.389 e. The van der Waals surface area contributed by atoms with Crippen LogP contribution in [0.2, 0.25) is 0 Å². The molecule has 0 bridgehead atoms. The first-order valence-corrected chi connectivity index (χ1v) is 8.36. The van der Waals surface area contributed by atoms with Gasteiger partial charge in [0.25, 0.3) is 11.5 Å². The van der Waals surface area contributed by atoms with Gasteiger partial charge in [0.1, 0.15) is 11.5 Å². The normalized spacial score (nSPS) is 12.0. The topological polar surface area (TPSA) is 89.2 Å². The van der Waals surface area contributed by atoms with Crippen LogP contribution in [0.1, 0.15) is 10.5 Å². The maximum Gasteiger partial charge on any atom is 0.269 e. The number of aromatic nitrogens is 3. The lowest BCUT2D eigenvalue weighted by molar-refractivity contribution is 0.0894. The minimum atomic E-state index is -0.918. The van der Waals surface area contributed by atoms with E-state index in [1.807, 2.05) is 0 Å². The van der Waals surface area contributed by atoms with Gasteiger partial charge in [-0.1, -0.05) is 6.07 Å². The average molecular weight is 370 g/mol. The van der Waals surface area contributed by atoms with Gasteiger partial charge in [0.05, 0.1) is 18.3 Å². The number of halogens is 1. The van der Waals surface area contributed by atoms with E-state index in [0.717, 1.165) is 0 Å². The fourth-order valence-corrected chi connectivity index (χ4v) is 2.65. The number of nitrogens with zero attached hydrogens (tertiary/aromatic N) is 3. The van der Waals surface area contributed by atoms with Gasteiger partial charge >= 0.3 is 0 Å². The molecule has 0 unspecified atom stereocenters. The van der Waals surface area contributed by atoms with Crippen LogP contribution in [0.4, 0.5) is 4.39 Å². The molecular formula is C19H19FN4O3. The number of pyridine rings is 1. The SMILES string of the molecule is Cn1nc(-c2ccc(F)cc2)cc1C(=O)NC[C@@H](O)Cn1ccccc1=O. The summed E-state index contributed by atoms with van der Waals surface area (Å²) >= 11 is 0. The van der Waals surface area contributed by atoms with Gasteiger partial charge in [0.15, 0.2) is 0 Å². The Labute approximate surface area is 154 Å². The van der Waals surface area contributed by atoms with Crippen molar-refractivity contribution in [1.29, 1.82) is 0 Å². The molecule has 8 heteroatoms. The molecule has 0 radical (unpaired) electrons. The highest BCUT2D eigenvalue weighted by molar-refractivity contribution is 5.93. The Kier molecular flexibility index (Phi) is 5.46. The molecule has 3 rings (SSSR count). The molecule has 3 aromatic rings. The number of hydrogen-bond acceptors (Lipinski definition) is 4. The molecule has 27 heavy (non-hydrogen) atoms. The third-order valence-corrected chi connectivity index (χ3v) is 4.06. The lowest BCUT2D eigenvalue weighted by Gasteiger charge is -2.13. The lowest BCUT2D eigenvalue weighted by atomic mass is 10.1. The largest absolute Gasteiger partial charge is 0.389 e. The maximum absolute atomic E-state index is 13.0. The standard InChI is InChI=1S/C19H19FN4O3/c1-23-17(10-16(22-23)13-5-7-14(20)8-6-13)19(27)21-11-15(25)12-24-9-3-2-4-18(24)26/h2-10,15,25H,11-12H2,1H3,(H,21,27)/t15-/m1/s1. The van der Waals surface area contributed by atoms with Crippen LogP contribution in [0.15, 0.2) is 59.5 Å². The Morgan fingerprint density at radius 3 is 2.70 bits per heavy atom. The summed E-state index contributed by atoms with van der Waals surface area (Å²) in [5, 5.41) is 17.0. The van der Waals surface area contributed by atoms with E-state index >= 15 is 0 Å². The Bertz CT molecular complexity index is 995. The summed E-state index contributed by atoms with van der Waals surface area (Å²) in [6.45, 7) is 0.0589. The first kappa shape index (κ1) is 18.5. The van der Waals surface area contributed by atoms with Crippen molar-refractivity contribution in [3.8, 4) is 11.3 Å². The van der Waals surface area contributed by atoms with Gasteiger partial charge in [-0.15, -0.1) is 0 Å². The quantitative estimate of drug-likeness (QED) is 0.682. The van der Waals surface area contributed by atoms with Crippen LogP contribution in [0.3, 0.4) is 0 Å². The Morgan fingerprint density at radius 1 is 1.26 bits per heavy atom. The molecule has 140 valence electrons. The van der Waals surface area contributed by atoms with Crippen LogP contribution < -0.4 is 10.9 Å². The molecule has 2 aromatic heterocycles. The van der Waals surface area contributed by atoms with E-state index in [1.54, 1.807) is 43.6 Å². The predicted octanol–water partition coefficient (Wildman–Crippen LogP) is 1.18. The molecule has 1 atom stereocenters. The summed E-state index contributed by atoms with van der Waals surface area (Å²) < 4.78 is 15.8. The number of aliphatic hydroxyl groups is 1. The van der Waals surface area contributed by atoms with Crippen molar-refractivity contribution in [2.75, 3.05) is 6.54 Å². The van der Waals surface area contributed by atoms with Gasteiger partial charge in [-0.2, -0.15) is 5.10 Å². The lowest BCUT2D eigenvalue weighted by Crippen LogP contribution is -2.37. The summed E-state index contributed by atoms with van der Waals surface area (Å²) in [6, 6.07) is 12.1. The second-order valence-electron chi connectivity index (χ2n) is 6.10. The van der Waals surface area contributed by atoms with E-state index in [1.165, 1.54) is 27.4 Å². The van der Waals surface area contributed by atoms with E-state index < -0.39 is 12.0 Å². The molecule has 1 aromatic carbocycles. The van der Waals surface area contributed by atoms with Crippen molar-refractivity contribution in [2.24, 2.45) is 7.05 Å². The van der Waals surface area contributed by atoms with Crippen LogP contribution >= 0.6 is 0 Å². The monoisotopic (exact) mass is 370 g/mol. The third-order valence-electron chi connectivity index (χ3n) is 4.06. The zero-order valence-corrected chi connectivity index (χ0v) is 14.7. The molecule has 1 amide bonds. The van der Waals surface area contributed by atoms with Crippen LogP contribution in [0.5, 0.6) is 0 Å². The van der Waals surface area contributed by atoms with Crippen molar-refractivity contribution in [1.82, 2.24) is 19.7 Å². The summed E-state index contributed by atoms with van der Waals surface area (Å²) in [5.74, 6) is -0.753. The van der Waals surface area contributed by atoms with Crippen molar-refractivity contribution in [3.05, 3.63) is 76.6 Å². The zero-order chi connectivity index (χ0) is 19.4.